The van der Waals surface area contributed by atoms with Crippen molar-refractivity contribution in [2.75, 3.05) is 16.3 Å². The molecule has 5 rings (SSSR count). The topological polar surface area (TPSA) is 62.2 Å². The Morgan fingerprint density at radius 3 is 2.91 bits per heavy atom. The molecule has 2 aliphatic heterocycles. The van der Waals surface area contributed by atoms with Gasteiger partial charge in [-0.25, -0.2) is 15.0 Å². The number of aromatic nitrogens is 3. The van der Waals surface area contributed by atoms with Crippen LogP contribution in [0.2, 0.25) is 0 Å². The van der Waals surface area contributed by atoms with Gasteiger partial charge in [-0.2, -0.15) is 0 Å². The molecule has 4 heterocycles. The van der Waals surface area contributed by atoms with Crippen LogP contribution in [0.4, 0.5) is 11.5 Å². The zero-order valence-corrected chi connectivity index (χ0v) is 12.5. The van der Waals surface area contributed by atoms with E-state index in [4.69, 9.17) is 4.98 Å². The number of aryl methyl sites for hydroxylation is 1. The van der Waals surface area contributed by atoms with Gasteiger partial charge in [0.25, 0.3) is 0 Å². The summed E-state index contributed by atoms with van der Waals surface area (Å²) in [7, 11) is 0. The summed E-state index contributed by atoms with van der Waals surface area (Å²) in [6, 6.07) is 2.38. The van der Waals surface area contributed by atoms with Crippen molar-refractivity contribution in [2.45, 2.75) is 44.7 Å². The number of amides is 1. The van der Waals surface area contributed by atoms with Crippen LogP contribution in [0, 0.1) is 6.92 Å². The Balaban J connectivity index is 1.77. The second-order valence-corrected chi connectivity index (χ2v) is 6.45. The fourth-order valence-electron chi connectivity index (χ4n) is 3.68. The number of carbonyl (C=O) groups excluding carboxylic acids is 1. The highest BCUT2D eigenvalue weighted by molar-refractivity contribution is 6.07. The van der Waals surface area contributed by atoms with Gasteiger partial charge in [-0.05, 0) is 38.7 Å². The van der Waals surface area contributed by atoms with Gasteiger partial charge in [0, 0.05) is 24.2 Å². The first-order valence-corrected chi connectivity index (χ1v) is 7.96. The van der Waals surface area contributed by atoms with E-state index in [1.54, 1.807) is 6.20 Å². The van der Waals surface area contributed by atoms with Gasteiger partial charge in [0.15, 0.2) is 11.5 Å². The van der Waals surface area contributed by atoms with Crippen molar-refractivity contribution in [1.82, 2.24) is 15.0 Å². The molecule has 3 aliphatic rings. The van der Waals surface area contributed by atoms with E-state index in [9.17, 15) is 4.79 Å². The molecule has 1 aliphatic carbocycles. The van der Waals surface area contributed by atoms with Crippen molar-refractivity contribution in [1.29, 1.82) is 0 Å². The highest BCUT2D eigenvalue weighted by Gasteiger charge is 2.46. The zero-order chi connectivity index (χ0) is 14.8. The molecule has 2 aromatic rings. The lowest BCUT2D eigenvalue weighted by atomic mass is 10.1. The number of nitrogens with zero attached hydrogens (tertiary/aromatic N) is 5. The average molecular weight is 295 g/mol. The van der Waals surface area contributed by atoms with Gasteiger partial charge in [-0.15, -0.1) is 0 Å². The Morgan fingerprint density at radius 1 is 1.23 bits per heavy atom. The quantitative estimate of drug-likeness (QED) is 0.803. The van der Waals surface area contributed by atoms with E-state index in [0.717, 1.165) is 60.6 Å². The number of anilines is 2. The van der Waals surface area contributed by atoms with Crippen molar-refractivity contribution >= 4 is 28.4 Å². The first-order chi connectivity index (χ1) is 10.7. The molecule has 6 nitrogen and oxygen atoms in total. The molecule has 1 atom stereocenters. The Bertz CT molecular complexity index is 800. The lowest BCUT2D eigenvalue weighted by Gasteiger charge is -2.38. The molecule has 0 spiro atoms. The van der Waals surface area contributed by atoms with Crippen molar-refractivity contribution in [3.63, 3.8) is 0 Å². The van der Waals surface area contributed by atoms with Gasteiger partial charge in [-0.3, -0.25) is 4.79 Å². The fraction of sp³-hybridized carbons (Fsp3) is 0.500. The third-order valence-electron chi connectivity index (χ3n) is 4.87. The predicted molar refractivity (Wildman–Crippen MR) is 82.9 cm³/mol. The van der Waals surface area contributed by atoms with Crippen molar-refractivity contribution < 1.29 is 4.79 Å². The summed E-state index contributed by atoms with van der Waals surface area (Å²) in [6.45, 7) is 2.78. The standard InChI is InChI=1S/C16H17N5O/c1-9-17-8-10-7-13-15(19-14(10)18-9)20-6-2-3-12(20)16(22)21(13)11-4-5-11/h7-8,11-12H,2-6H2,1H3. The van der Waals surface area contributed by atoms with Gasteiger partial charge in [0.2, 0.25) is 5.91 Å². The third-order valence-corrected chi connectivity index (χ3v) is 4.87. The van der Waals surface area contributed by atoms with Crippen LogP contribution in [0.15, 0.2) is 12.3 Å². The molecule has 1 amide bonds. The molecule has 2 aromatic heterocycles. The minimum absolute atomic E-state index is 0.0269. The van der Waals surface area contributed by atoms with Gasteiger partial charge >= 0.3 is 0 Å². The van der Waals surface area contributed by atoms with Gasteiger partial charge in [-0.1, -0.05) is 0 Å². The van der Waals surface area contributed by atoms with Crippen molar-refractivity contribution in [3.8, 4) is 0 Å². The van der Waals surface area contributed by atoms with Crippen molar-refractivity contribution in [2.24, 2.45) is 0 Å². The zero-order valence-electron chi connectivity index (χ0n) is 12.5. The molecule has 22 heavy (non-hydrogen) atoms. The number of pyridine rings is 1. The van der Waals surface area contributed by atoms with Gasteiger partial charge in [0.1, 0.15) is 11.9 Å². The number of carbonyl (C=O) groups is 1. The molecule has 0 bridgehead atoms. The van der Waals surface area contributed by atoms with Crippen LogP contribution >= 0.6 is 0 Å². The highest BCUT2D eigenvalue weighted by Crippen LogP contribution is 2.44. The maximum atomic E-state index is 12.9. The largest absolute Gasteiger partial charge is 0.343 e. The molecule has 6 heteroatoms. The Kier molecular flexibility index (Phi) is 2.32. The summed E-state index contributed by atoms with van der Waals surface area (Å²) >= 11 is 0. The van der Waals surface area contributed by atoms with Crippen molar-refractivity contribution in [3.05, 3.63) is 18.1 Å². The Hall–Kier alpha value is -2.24. The number of rotatable bonds is 1. The maximum Gasteiger partial charge on any atom is 0.250 e. The fourth-order valence-corrected chi connectivity index (χ4v) is 3.68. The monoisotopic (exact) mass is 295 g/mol. The van der Waals surface area contributed by atoms with E-state index in [2.05, 4.69) is 14.9 Å². The van der Waals surface area contributed by atoms with Gasteiger partial charge < -0.3 is 9.80 Å². The SMILES string of the molecule is Cc1ncc2cc3c(nc2n1)N1CCCC1C(=O)N3C1CC1. The van der Waals surface area contributed by atoms with Crippen LogP contribution in [0.25, 0.3) is 11.0 Å². The lowest BCUT2D eigenvalue weighted by molar-refractivity contribution is -0.120. The molecule has 1 saturated carbocycles. The third kappa shape index (κ3) is 1.60. The van der Waals surface area contributed by atoms with E-state index >= 15 is 0 Å². The normalized spacial score (nSPS) is 23.9. The lowest BCUT2D eigenvalue weighted by Crippen LogP contribution is -2.51. The van der Waals surface area contributed by atoms with E-state index in [-0.39, 0.29) is 11.9 Å². The van der Waals surface area contributed by atoms with E-state index in [1.807, 2.05) is 17.9 Å². The van der Waals surface area contributed by atoms with Crippen LogP contribution in [-0.4, -0.2) is 39.5 Å². The summed E-state index contributed by atoms with van der Waals surface area (Å²) < 4.78 is 0. The van der Waals surface area contributed by atoms with Crippen LogP contribution in [0.5, 0.6) is 0 Å². The predicted octanol–water partition coefficient (Wildman–Crippen LogP) is 1.81. The first-order valence-electron chi connectivity index (χ1n) is 7.96. The summed E-state index contributed by atoms with van der Waals surface area (Å²) in [5.74, 6) is 1.91. The summed E-state index contributed by atoms with van der Waals surface area (Å²) in [5, 5.41) is 0.903. The average Bonchev–Trinajstić information content (AvgIpc) is 3.21. The number of fused-ring (bicyclic) bond motifs is 4. The minimum Gasteiger partial charge on any atom is -0.343 e. The second-order valence-electron chi connectivity index (χ2n) is 6.45. The minimum atomic E-state index is -0.0269. The molecule has 2 fully saturated rings. The molecule has 1 unspecified atom stereocenters. The van der Waals surface area contributed by atoms with Gasteiger partial charge in [0.05, 0.1) is 5.69 Å². The van der Waals surface area contributed by atoms with E-state index in [0.29, 0.717) is 6.04 Å². The molecule has 0 N–H and O–H groups in total. The molecule has 0 aromatic carbocycles. The molecule has 112 valence electrons. The van der Waals surface area contributed by atoms with Crippen LogP contribution in [0.3, 0.4) is 0 Å². The van der Waals surface area contributed by atoms with Crippen LogP contribution < -0.4 is 9.80 Å². The highest BCUT2D eigenvalue weighted by atomic mass is 16.2. The van der Waals surface area contributed by atoms with E-state index < -0.39 is 0 Å². The summed E-state index contributed by atoms with van der Waals surface area (Å²) in [4.78, 5) is 30.5. The van der Waals surface area contributed by atoms with E-state index in [1.165, 1.54) is 0 Å². The van der Waals surface area contributed by atoms with Crippen LogP contribution in [-0.2, 0) is 4.79 Å². The smallest absolute Gasteiger partial charge is 0.250 e. The Morgan fingerprint density at radius 2 is 2.09 bits per heavy atom. The molecular weight excluding hydrogens is 278 g/mol. The van der Waals surface area contributed by atoms with Crippen LogP contribution in [0.1, 0.15) is 31.5 Å². The molecular formula is C16H17N5O. The molecule has 1 saturated heterocycles. The first kappa shape index (κ1) is 12.3. The number of hydrogen-bond donors (Lipinski definition) is 0. The molecule has 0 radical (unpaired) electrons. The second kappa shape index (κ2) is 4.15. The maximum absolute atomic E-state index is 12.9. The summed E-state index contributed by atoms with van der Waals surface area (Å²) in [6.07, 6.45) is 5.98. The summed E-state index contributed by atoms with van der Waals surface area (Å²) in [5.41, 5.74) is 1.67. The number of hydrogen-bond acceptors (Lipinski definition) is 5. The Labute approximate surface area is 128 Å².